The Morgan fingerprint density at radius 1 is 0.325 bits per heavy atom. The maximum Gasteiger partial charge on any atom is 0.347 e. The Hall–Kier alpha value is -5.75. The summed E-state index contributed by atoms with van der Waals surface area (Å²) in [5.74, 6) is 0. The fourth-order valence-electron chi connectivity index (χ4n) is 9.72. The second kappa shape index (κ2) is 30.3. The van der Waals surface area contributed by atoms with E-state index in [4.69, 9.17) is 51.9 Å². The quantitative estimate of drug-likeness (QED) is 0.0413. The van der Waals surface area contributed by atoms with E-state index in [0.717, 1.165) is 38.9 Å². The molecule has 0 saturated carbocycles. The van der Waals surface area contributed by atoms with Crippen molar-refractivity contribution in [2.24, 2.45) is 0 Å². The second-order valence-electron chi connectivity index (χ2n) is 20.3. The fraction of sp³-hybridized carbons (Fsp3) is 0.354. The van der Waals surface area contributed by atoms with Crippen molar-refractivity contribution in [2.75, 3.05) is 41.4 Å². The average molecular weight is 1110 g/mol. The van der Waals surface area contributed by atoms with Crippen molar-refractivity contribution in [2.45, 2.75) is 108 Å². The molecule has 80 heavy (non-hydrogen) atoms. The monoisotopic (exact) mass is 1110 g/mol. The summed E-state index contributed by atoms with van der Waals surface area (Å²) in [5, 5.41) is 0. The lowest BCUT2D eigenvalue weighted by Crippen LogP contribution is -2.64. The third-order valence-electron chi connectivity index (χ3n) is 14.0. The molecule has 14 nitrogen and oxygen atoms in total. The molecule has 422 valence electrons. The number of benzene rings is 7. The molecule has 0 amide bonds. The van der Waals surface area contributed by atoms with E-state index in [9.17, 15) is 0 Å². The second-order valence-corrected chi connectivity index (χ2v) is 23.1. The standard InChI is InChI=1S/C65H75N2O12P/c1-66(2)80(68,67(3)4)79-65-63(75-46-55-38-24-11-25-39-55)61(73-44-53-34-20-9-21-35-53)59(71-42-51-30-16-7-17-31-51)57(78-65)48-76-64-62(74-45-54-36-22-10-23-37-54)60(72-43-52-32-18-8-19-33-52)58(70-41-50-28-14-6-15-29-50)56(77-64)47-69-40-49-26-12-5-13-27-49/h5-39,56-65H,40-48H2,1-4H3/t56-,57-,58-,59-,60+,61+,62-,63-,64+,65-/m1/s1. The molecule has 7 aromatic rings. The minimum absolute atomic E-state index is 0.129. The Bertz CT molecular complexity index is 2850. The summed E-state index contributed by atoms with van der Waals surface area (Å²) in [6.07, 6.45) is -9.07. The highest BCUT2D eigenvalue weighted by Crippen LogP contribution is 2.53. The van der Waals surface area contributed by atoms with Crippen molar-refractivity contribution in [3.05, 3.63) is 251 Å². The Kier molecular flexibility index (Phi) is 22.3. The lowest BCUT2D eigenvalue weighted by Gasteiger charge is -2.48. The molecule has 0 aliphatic carbocycles. The molecule has 0 unspecified atom stereocenters. The van der Waals surface area contributed by atoms with Gasteiger partial charge in [0, 0.05) is 0 Å². The van der Waals surface area contributed by atoms with E-state index in [-0.39, 0.29) is 52.9 Å². The molecule has 10 atom stereocenters. The highest BCUT2D eigenvalue weighted by Gasteiger charge is 2.54. The van der Waals surface area contributed by atoms with Crippen molar-refractivity contribution in [1.29, 1.82) is 0 Å². The van der Waals surface area contributed by atoms with Crippen molar-refractivity contribution in [3.63, 3.8) is 0 Å². The van der Waals surface area contributed by atoms with Gasteiger partial charge in [0.05, 0.1) is 59.5 Å². The van der Waals surface area contributed by atoms with Crippen molar-refractivity contribution < 1.29 is 56.5 Å². The van der Waals surface area contributed by atoms with Crippen molar-refractivity contribution in [1.82, 2.24) is 9.34 Å². The van der Waals surface area contributed by atoms with Gasteiger partial charge in [-0.15, -0.1) is 0 Å². The largest absolute Gasteiger partial charge is 0.374 e. The Labute approximate surface area is 471 Å². The van der Waals surface area contributed by atoms with E-state index >= 15 is 4.57 Å². The van der Waals surface area contributed by atoms with Crippen LogP contribution in [0.15, 0.2) is 212 Å². The summed E-state index contributed by atoms with van der Waals surface area (Å²) in [5.41, 5.74) is 6.68. The lowest BCUT2D eigenvalue weighted by molar-refractivity contribution is -0.347. The van der Waals surface area contributed by atoms with Crippen molar-refractivity contribution >= 4 is 7.67 Å². The van der Waals surface area contributed by atoms with Crippen LogP contribution < -0.4 is 0 Å². The summed E-state index contributed by atoms with van der Waals surface area (Å²) >= 11 is 0. The van der Waals surface area contributed by atoms with Crippen LogP contribution in [0.3, 0.4) is 0 Å². The number of ether oxygens (including phenoxy) is 10. The smallest absolute Gasteiger partial charge is 0.347 e. The van der Waals surface area contributed by atoms with E-state index in [1.807, 2.05) is 212 Å². The molecular formula is C65H75N2O12P. The first-order valence-electron chi connectivity index (χ1n) is 27.3. The van der Waals surface area contributed by atoms with Gasteiger partial charge in [-0.25, -0.2) is 9.34 Å². The van der Waals surface area contributed by atoms with Crippen LogP contribution in [0.2, 0.25) is 0 Å². The molecule has 9 rings (SSSR count). The molecule has 2 aliphatic heterocycles. The van der Waals surface area contributed by atoms with Gasteiger partial charge in [-0.3, -0.25) is 9.09 Å². The minimum Gasteiger partial charge on any atom is -0.374 e. The van der Waals surface area contributed by atoms with Crippen LogP contribution in [-0.4, -0.2) is 112 Å². The fourth-order valence-corrected chi connectivity index (χ4v) is 11.3. The highest BCUT2D eigenvalue weighted by atomic mass is 31.2. The number of hydrogen-bond donors (Lipinski definition) is 0. The van der Waals surface area contributed by atoms with Crippen LogP contribution >= 0.6 is 7.67 Å². The Balaban J connectivity index is 1.10. The first kappa shape index (κ1) is 58.9. The number of nitrogens with zero attached hydrogens (tertiary/aromatic N) is 2. The predicted octanol–water partition coefficient (Wildman–Crippen LogP) is 11.4. The zero-order valence-corrected chi connectivity index (χ0v) is 47.0. The zero-order chi connectivity index (χ0) is 55.4. The summed E-state index contributed by atoms with van der Waals surface area (Å²) in [4.78, 5) is 0. The summed E-state index contributed by atoms with van der Waals surface area (Å²) in [6, 6.07) is 69.7. The van der Waals surface area contributed by atoms with Gasteiger partial charge in [-0.1, -0.05) is 212 Å². The summed E-state index contributed by atoms with van der Waals surface area (Å²) < 4.78 is 94.8. The molecule has 0 aromatic heterocycles. The molecule has 2 aliphatic rings. The molecule has 0 spiro atoms. The minimum atomic E-state index is -3.75. The van der Waals surface area contributed by atoms with Gasteiger partial charge in [0.15, 0.2) is 12.6 Å². The molecular weight excluding hydrogens is 1030 g/mol. The molecule has 0 radical (unpaired) electrons. The maximum absolute atomic E-state index is 15.0. The third kappa shape index (κ3) is 16.7. The summed E-state index contributed by atoms with van der Waals surface area (Å²) in [7, 11) is 3.09. The molecule has 2 fully saturated rings. The van der Waals surface area contributed by atoms with E-state index < -0.39 is 69.1 Å². The average Bonchev–Trinajstić information content (AvgIpc) is 3.50. The van der Waals surface area contributed by atoms with Crippen molar-refractivity contribution in [3.8, 4) is 0 Å². The highest BCUT2D eigenvalue weighted by molar-refractivity contribution is 7.53. The van der Waals surface area contributed by atoms with Crippen LogP contribution in [0, 0.1) is 0 Å². The maximum atomic E-state index is 15.0. The van der Waals surface area contributed by atoms with E-state index in [2.05, 4.69) is 0 Å². The van der Waals surface area contributed by atoms with Gasteiger partial charge in [-0.2, -0.15) is 0 Å². The Morgan fingerprint density at radius 3 is 0.912 bits per heavy atom. The van der Waals surface area contributed by atoms with Gasteiger partial charge < -0.3 is 47.4 Å². The first-order chi connectivity index (χ1) is 39.2. The molecule has 0 N–H and O–H groups in total. The van der Waals surface area contributed by atoms with Gasteiger partial charge in [-0.05, 0) is 67.1 Å². The first-order valence-corrected chi connectivity index (χ1v) is 28.8. The Morgan fingerprint density at radius 2 is 0.588 bits per heavy atom. The lowest BCUT2D eigenvalue weighted by atomic mass is 9.97. The van der Waals surface area contributed by atoms with E-state index in [1.54, 1.807) is 37.5 Å². The topological polar surface area (TPSA) is 125 Å². The van der Waals surface area contributed by atoms with E-state index in [1.165, 1.54) is 0 Å². The van der Waals surface area contributed by atoms with Crippen LogP contribution in [0.4, 0.5) is 0 Å². The molecule has 2 heterocycles. The van der Waals surface area contributed by atoms with Crippen LogP contribution in [0.1, 0.15) is 38.9 Å². The van der Waals surface area contributed by atoms with Gasteiger partial charge in [0.25, 0.3) is 0 Å². The molecule has 0 bridgehead atoms. The van der Waals surface area contributed by atoms with Gasteiger partial charge in [0.2, 0.25) is 0 Å². The van der Waals surface area contributed by atoms with Gasteiger partial charge in [0.1, 0.15) is 48.8 Å². The molecule has 2 saturated heterocycles. The van der Waals surface area contributed by atoms with E-state index in [0.29, 0.717) is 6.61 Å². The normalized spacial score (nSPS) is 23.3. The molecule has 7 aromatic carbocycles. The van der Waals surface area contributed by atoms with Crippen LogP contribution in [0.5, 0.6) is 0 Å². The molecule has 15 heteroatoms. The number of rotatable bonds is 29. The van der Waals surface area contributed by atoms with Crippen LogP contribution in [-0.2, 0) is 103 Å². The zero-order valence-electron chi connectivity index (χ0n) is 46.1. The van der Waals surface area contributed by atoms with Crippen LogP contribution in [0.25, 0.3) is 0 Å². The number of hydrogen-bond acceptors (Lipinski definition) is 12. The predicted molar refractivity (Wildman–Crippen MR) is 306 cm³/mol. The SMILES string of the molecule is CN(C)P(=O)(O[C@H]1O[C@H](CO[C@H]2O[C@H](COCc3ccccc3)[C@@H](OCc3ccccc3)[C@H](OCc3ccccc3)[C@H]2OCc2ccccc2)[C@@H](OCc2ccccc2)[C@H](OCc2ccccc2)[C@H]1OCc1ccccc1)N(C)C. The third-order valence-corrected chi connectivity index (χ3v) is 16.5. The van der Waals surface area contributed by atoms with Gasteiger partial charge >= 0.3 is 7.67 Å². The summed E-state index contributed by atoms with van der Waals surface area (Å²) in [6.45, 7) is 1.60.